The number of hydrogen-bond acceptors (Lipinski definition) is 2. The van der Waals surface area contributed by atoms with E-state index in [9.17, 15) is 8.78 Å². The Morgan fingerprint density at radius 3 is 2.67 bits per heavy atom. The lowest BCUT2D eigenvalue weighted by Crippen LogP contribution is -2.04. The lowest BCUT2D eigenvalue weighted by atomic mass is 10.2. The van der Waals surface area contributed by atoms with Gasteiger partial charge in [0.1, 0.15) is 5.15 Å². The van der Waals surface area contributed by atoms with Crippen molar-refractivity contribution in [1.29, 1.82) is 0 Å². The number of rotatable bonds is 2. The van der Waals surface area contributed by atoms with E-state index in [1.807, 2.05) is 0 Å². The van der Waals surface area contributed by atoms with E-state index in [0.717, 1.165) is 0 Å². The summed E-state index contributed by atoms with van der Waals surface area (Å²) in [6.07, 6.45) is -2.55. The van der Waals surface area contributed by atoms with Gasteiger partial charge in [-0.05, 0) is 12.1 Å². The van der Waals surface area contributed by atoms with Crippen LogP contribution in [-0.2, 0) is 6.54 Å². The van der Waals surface area contributed by atoms with Gasteiger partial charge in [-0.15, -0.1) is 0 Å². The highest BCUT2D eigenvalue weighted by Gasteiger charge is 2.12. The van der Waals surface area contributed by atoms with Crippen LogP contribution in [0, 0.1) is 0 Å². The number of aromatic nitrogens is 1. The molecule has 2 N–H and O–H groups in total. The fourth-order valence-corrected chi connectivity index (χ4v) is 1.01. The van der Waals surface area contributed by atoms with Gasteiger partial charge in [0.15, 0.2) is 0 Å². The summed E-state index contributed by atoms with van der Waals surface area (Å²) in [6.45, 7) is -0.0275. The van der Waals surface area contributed by atoms with Crippen molar-refractivity contribution in [3.8, 4) is 0 Å². The Balaban J connectivity index is 3.11. The van der Waals surface area contributed by atoms with Crippen molar-refractivity contribution >= 4 is 11.6 Å². The minimum absolute atomic E-state index is 0.0275. The van der Waals surface area contributed by atoms with Crippen LogP contribution in [0.15, 0.2) is 12.1 Å². The molecule has 0 aliphatic heterocycles. The summed E-state index contributed by atoms with van der Waals surface area (Å²) in [6, 6.07) is 2.56. The summed E-state index contributed by atoms with van der Waals surface area (Å²) in [7, 11) is 0. The normalized spacial score (nSPS) is 10.8. The predicted octanol–water partition coefficient (Wildman–Crippen LogP) is 2.13. The van der Waals surface area contributed by atoms with Crippen LogP contribution in [-0.4, -0.2) is 4.98 Å². The standard InChI is InChI=1S/C7H7ClF2N2/c8-6-2-1-4(7(9)10)5(3-11)12-6/h1-2,7H,3,11H2. The zero-order chi connectivity index (χ0) is 9.14. The fraction of sp³-hybridized carbons (Fsp3) is 0.286. The predicted molar refractivity (Wildman–Crippen MR) is 42.1 cm³/mol. The second-order valence-corrected chi connectivity index (χ2v) is 2.56. The van der Waals surface area contributed by atoms with Crippen LogP contribution in [0.1, 0.15) is 17.7 Å². The third-order valence-corrected chi connectivity index (χ3v) is 1.61. The molecule has 0 radical (unpaired) electrons. The lowest BCUT2D eigenvalue weighted by molar-refractivity contribution is 0.149. The zero-order valence-electron chi connectivity index (χ0n) is 6.10. The molecule has 5 heteroatoms. The Morgan fingerprint density at radius 2 is 2.17 bits per heavy atom. The second kappa shape index (κ2) is 3.78. The van der Waals surface area contributed by atoms with Crippen LogP contribution >= 0.6 is 11.6 Å². The third kappa shape index (κ3) is 1.89. The molecule has 0 spiro atoms. The zero-order valence-corrected chi connectivity index (χ0v) is 6.85. The summed E-state index contributed by atoms with van der Waals surface area (Å²) < 4.78 is 24.4. The molecule has 0 amide bonds. The molecule has 0 aliphatic carbocycles. The van der Waals surface area contributed by atoms with Gasteiger partial charge in [-0.25, -0.2) is 13.8 Å². The van der Waals surface area contributed by atoms with E-state index in [1.165, 1.54) is 12.1 Å². The molecule has 66 valence electrons. The van der Waals surface area contributed by atoms with Crippen molar-refractivity contribution in [1.82, 2.24) is 4.98 Å². The van der Waals surface area contributed by atoms with Gasteiger partial charge in [-0.1, -0.05) is 11.6 Å². The van der Waals surface area contributed by atoms with Gasteiger partial charge in [0.25, 0.3) is 6.43 Å². The highest BCUT2D eigenvalue weighted by Crippen LogP contribution is 2.22. The van der Waals surface area contributed by atoms with Gasteiger partial charge in [0.05, 0.1) is 5.69 Å². The molecule has 0 saturated carbocycles. The molecular weight excluding hydrogens is 186 g/mol. The van der Waals surface area contributed by atoms with Crippen LogP contribution in [0.3, 0.4) is 0 Å². The average Bonchev–Trinajstić information content (AvgIpc) is 2.03. The van der Waals surface area contributed by atoms with Crippen molar-refractivity contribution in [3.63, 3.8) is 0 Å². The van der Waals surface area contributed by atoms with E-state index < -0.39 is 6.43 Å². The van der Waals surface area contributed by atoms with Crippen molar-refractivity contribution in [2.24, 2.45) is 5.73 Å². The van der Waals surface area contributed by atoms with Gasteiger partial charge in [-0.3, -0.25) is 0 Å². The minimum atomic E-state index is -2.55. The van der Waals surface area contributed by atoms with E-state index in [2.05, 4.69) is 4.98 Å². The number of nitrogens with two attached hydrogens (primary N) is 1. The summed E-state index contributed by atoms with van der Waals surface area (Å²) in [5, 5.41) is 0.180. The molecule has 0 aliphatic rings. The number of hydrogen-bond donors (Lipinski definition) is 1. The Bertz CT molecular complexity index is 278. The summed E-state index contributed by atoms with van der Waals surface area (Å²) >= 11 is 5.49. The highest BCUT2D eigenvalue weighted by atomic mass is 35.5. The average molecular weight is 193 g/mol. The Kier molecular flexibility index (Phi) is 2.94. The van der Waals surface area contributed by atoms with Crippen LogP contribution in [0.25, 0.3) is 0 Å². The van der Waals surface area contributed by atoms with E-state index in [0.29, 0.717) is 0 Å². The molecule has 1 aromatic rings. The summed E-state index contributed by atoms with van der Waals surface area (Å²) in [5.41, 5.74) is 5.20. The number of pyridine rings is 1. The van der Waals surface area contributed by atoms with Crippen molar-refractivity contribution in [2.75, 3.05) is 0 Å². The maximum Gasteiger partial charge on any atom is 0.265 e. The van der Waals surface area contributed by atoms with Crippen molar-refractivity contribution in [3.05, 3.63) is 28.5 Å². The first-order chi connectivity index (χ1) is 5.65. The Morgan fingerprint density at radius 1 is 1.50 bits per heavy atom. The van der Waals surface area contributed by atoms with E-state index in [-0.39, 0.29) is 23.0 Å². The largest absolute Gasteiger partial charge is 0.325 e. The molecule has 12 heavy (non-hydrogen) atoms. The maximum atomic E-state index is 12.2. The first-order valence-corrected chi connectivity index (χ1v) is 3.66. The van der Waals surface area contributed by atoms with Crippen molar-refractivity contribution < 1.29 is 8.78 Å². The van der Waals surface area contributed by atoms with Gasteiger partial charge in [0, 0.05) is 12.1 Å². The van der Waals surface area contributed by atoms with Gasteiger partial charge < -0.3 is 5.73 Å². The molecule has 0 atom stereocenters. The van der Waals surface area contributed by atoms with Gasteiger partial charge >= 0.3 is 0 Å². The SMILES string of the molecule is NCc1nc(Cl)ccc1C(F)F. The smallest absolute Gasteiger partial charge is 0.265 e. The van der Waals surface area contributed by atoms with Gasteiger partial charge in [-0.2, -0.15) is 0 Å². The van der Waals surface area contributed by atoms with E-state index in [1.54, 1.807) is 0 Å². The third-order valence-electron chi connectivity index (χ3n) is 1.40. The summed E-state index contributed by atoms with van der Waals surface area (Å²) in [4.78, 5) is 3.67. The topological polar surface area (TPSA) is 38.9 Å². The highest BCUT2D eigenvalue weighted by molar-refractivity contribution is 6.29. The lowest BCUT2D eigenvalue weighted by Gasteiger charge is -2.04. The quantitative estimate of drug-likeness (QED) is 0.730. The second-order valence-electron chi connectivity index (χ2n) is 2.17. The number of nitrogens with zero attached hydrogens (tertiary/aromatic N) is 1. The molecule has 1 rings (SSSR count). The van der Waals surface area contributed by atoms with E-state index >= 15 is 0 Å². The van der Waals surface area contributed by atoms with Gasteiger partial charge in [0.2, 0.25) is 0 Å². The molecule has 1 aromatic heterocycles. The summed E-state index contributed by atoms with van der Waals surface area (Å²) in [5.74, 6) is 0. The minimum Gasteiger partial charge on any atom is -0.325 e. The molecule has 0 bridgehead atoms. The molecule has 0 unspecified atom stereocenters. The first-order valence-electron chi connectivity index (χ1n) is 3.28. The van der Waals surface area contributed by atoms with Crippen LogP contribution in [0.4, 0.5) is 8.78 Å². The molecule has 1 heterocycles. The van der Waals surface area contributed by atoms with E-state index in [4.69, 9.17) is 17.3 Å². The molecule has 2 nitrogen and oxygen atoms in total. The molecule has 0 saturated heterocycles. The fourth-order valence-electron chi connectivity index (χ4n) is 0.848. The molecule has 0 fully saturated rings. The van der Waals surface area contributed by atoms with Crippen LogP contribution in [0.2, 0.25) is 5.15 Å². The Hall–Kier alpha value is -0.740. The van der Waals surface area contributed by atoms with Crippen molar-refractivity contribution in [2.45, 2.75) is 13.0 Å². The molecular formula is C7H7ClF2N2. The monoisotopic (exact) mass is 192 g/mol. The Labute approximate surface area is 73.4 Å². The molecule has 0 aromatic carbocycles. The number of halogens is 3. The first kappa shape index (κ1) is 9.35. The maximum absolute atomic E-state index is 12.2. The van der Waals surface area contributed by atoms with Crippen LogP contribution in [0.5, 0.6) is 0 Å². The van der Waals surface area contributed by atoms with Crippen LogP contribution < -0.4 is 5.73 Å². The number of alkyl halides is 2.